The summed E-state index contributed by atoms with van der Waals surface area (Å²) in [5, 5.41) is 12.3. The largest absolute Gasteiger partial charge is 0.481 e. The molecule has 1 atom stereocenters. The molecular formula is C19H18Cl2FN5O2S. The molecule has 0 saturated heterocycles. The first-order chi connectivity index (χ1) is 14.4. The van der Waals surface area contributed by atoms with Crippen LogP contribution in [0.4, 0.5) is 10.2 Å². The molecule has 0 aliphatic carbocycles. The molecule has 2 heterocycles. The first kappa shape index (κ1) is 22.3. The Hall–Kier alpha value is -2.36. The number of amides is 1. The predicted molar refractivity (Wildman–Crippen MR) is 115 cm³/mol. The fourth-order valence-electron chi connectivity index (χ4n) is 2.58. The van der Waals surface area contributed by atoms with Crippen LogP contribution in [0.3, 0.4) is 0 Å². The van der Waals surface area contributed by atoms with Crippen LogP contribution in [0, 0.1) is 5.82 Å². The fourth-order valence-corrected chi connectivity index (χ4v) is 3.71. The molecule has 1 aromatic carbocycles. The molecule has 0 saturated carbocycles. The van der Waals surface area contributed by atoms with Crippen molar-refractivity contribution in [2.75, 3.05) is 11.1 Å². The molecule has 7 nitrogen and oxygen atoms in total. The lowest BCUT2D eigenvalue weighted by Gasteiger charge is -2.16. The molecule has 3 aromatic rings. The van der Waals surface area contributed by atoms with Gasteiger partial charge in [-0.2, -0.15) is 0 Å². The molecule has 0 aliphatic rings. The van der Waals surface area contributed by atoms with Crippen molar-refractivity contribution in [3.05, 3.63) is 58.2 Å². The molecule has 2 aromatic heterocycles. The minimum Gasteiger partial charge on any atom is -0.481 e. The smallest absolute Gasteiger partial charge is 0.236 e. The van der Waals surface area contributed by atoms with Crippen LogP contribution in [0.1, 0.15) is 25.8 Å². The number of pyridine rings is 1. The van der Waals surface area contributed by atoms with Gasteiger partial charge in [-0.1, -0.05) is 35.0 Å². The van der Waals surface area contributed by atoms with Crippen LogP contribution in [0.25, 0.3) is 0 Å². The van der Waals surface area contributed by atoms with Crippen molar-refractivity contribution < 1.29 is 13.9 Å². The number of carbonyl (C=O) groups is 1. The zero-order valence-electron chi connectivity index (χ0n) is 16.1. The van der Waals surface area contributed by atoms with Gasteiger partial charge in [0.15, 0.2) is 17.1 Å². The Labute approximate surface area is 187 Å². The molecule has 11 heteroatoms. The lowest BCUT2D eigenvalue weighted by atomic mass is 10.3. The van der Waals surface area contributed by atoms with Crippen molar-refractivity contribution in [2.24, 2.45) is 0 Å². The number of hydrogen-bond acceptors (Lipinski definition) is 6. The molecule has 1 amide bonds. The Morgan fingerprint density at radius 3 is 2.77 bits per heavy atom. The maximum absolute atomic E-state index is 13.2. The van der Waals surface area contributed by atoms with Gasteiger partial charge in [-0.05, 0) is 44.2 Å². The fraction of sp³-hybridized carbons (Fsp3) is 0.263. The van der Waals surface area contributed by atoms with Gasteiger partial charge in [0.25, 0.3) is 0 Å². The lowest BCUT2D eigenvalue weighted by Crippen LogP contribution is -2.16. The third kappa shape index (κ3) is 5.62. The van der Waals surface area contributed by atoms with Crippen molar-refractivity contribution >= 4 is 46.7 Å². The predicted octanol–water partition coefficient (Wildman–Crippen LogP) is 5.01. The van der Waals surface area contributed by atoms with Crippen molar-refractivity contribution in [2.45, 2.75) is 31.7 Å². The summed E-state index contributed by atoms with van der Waals surface area (Å²) in [7, 11) is 0. The average Bonchev–Trinajstić information content (AvgIpc) is 3.13. The highest BCUT2D eigenvalue weighted by atomic mass is 35.5. The van der Waals surface area contributed by atoms with E-state index in [4.69, 9.17) is 27.9 Å². The lowest BCUT2D eigenvalue weighted by molar-refractivity contribution is -0.113. The maximum Gasteiger partial charge on any atom is 0.236 e. The number of ether oxygens (including phenoxy) is 1. The van der Waals surface area contributed by atoms with E-state index in [9.17, 15) is 9.18 Å². The van der Waals surface area contributed by atoms with Gasteiger partial charge in [0.05, 0.1) is 15.8 Å². The number of anilines is 1. The number of nitrogens with zero attached hydrogens (tertiary/aromatic N) is 4. The van der Waals surface area contributed by atoms with Crippen molar-refractivity contribution in [3.8, 4) is 5.75 Å². The second-order valence-corrected chi connectivity index (χ2v) is 7.90. The van der Waals surface area contributed by atoms with Crippen molar-refractivity contribution in [1.29, 1.82) is 0 Å². The van der Waals surface area contributed by atoms with Gasteiger partial charge in [0.1, 0.15) is 17.4 Å². The van der Waals surface area contributed by atoms with E-state index in [1.165, 1.54) is 36.2 Å². The third-order valence-corrected chi connectivity index (χ3v) is 5.44. The minimum absolute atomic E-state index is 0.126. The topological polar surface area (TPSA) is 81.9 Å². The number of carbonyl (C=O) groups excluding carboxylic acids is 1. The number of rotatable bonds is 8. The summed E-state index contributed by atoms with van der Waals surface area (Å²) < 4.78 is 20.9. The first-order valence-electron chi connectivity index (χ1n) is 8.96. The van der Waals surface area contributed by atoms with Gasteiger partial charge in [-0.3, -0.25) is 4.79 Å². The van der Waals surface area contributed by atoms with Crippen LogP contribution < -0.4 is 10.1 Å². The van der Waals surface area contributed by atoms with E-state index in [0.29, 0.717) is 34.1 Å². The number of benzene rings is 1. The van der Waals surface area contributed by atoms with Crippen LogP contribution in [0.15, 0.2) is 41.7 Å². The Kier molecular flexibility index (Phi) is 7.52. The van der Waals surface area contributed by atoms with E-state index in [1.807, 2.05) is 11.5 Å². The first-order valence-corrected chi connectivity index (χ1v) is 10.7. The van der Waals surface area contributed by atoms with Crippen LogP contribution >= 0.6 is 35.0 Å². The van der Waals surface area contributed by atoms with Gasteiger partial charge in [0, 0.05) is 12.7 Å². The number of halogens is 3. The number of nitrogens with one attached hydrogen (secondary N) is 1. The molecule has 0 fully saturated rings. The third-order valence-electron chi connectivity index (χ3n) is 3.95. The van der Waals surface area contributed by atoms with Gasteiger partial charge >= 0.3 is 0 Å². The van der Waals surface area contributed by atoms with Crippen LogP contribution in [-0.2, 0) is 11.3 Å². The second kappa shape index (κ2) is 10.1. The summed E-state index contributed by atoms with van der Waals surface area (Å²) in [5.41, 5.74) is 0. The molecule has 0 bridgehead atoms. The SMILES string of the molecule is CCn1c(SCC(=O)Nc2ccc(Cl)cn2)nnc1C(C)Oc1ccc(F)cc1Cl. The molecule has 0 aliphatic heterocycles. The van der Waals surface area contributed by atoms with E-state index in [0.717, 1.165) is 0 Å². The number of hydrogen-bond donors (Lipinski definition) is 1. The highest BCUT2D eigenvalue weighted by molar-refractivity contribution is 7.99. The summed E-state index contributed by atoms with van der Waals surface area (Å²) in [6, 6.07) is 7.19. The molecule has 0 spiro atoms. The summed E-state index contributed by atoms with van der Waals surface area (Å²) >= 11 is 13.1. The van der Waals surface area contributed by atoms with Gasteiger partial charge in [-0.15, -0.1) is 10.2 Å². The summed E-state index contributed by atoms with van der Waals surface area (Å²) in [5.74, 6) is 0.787. The monoisotopic (exact) mass is 469 g/mol. The molecule has 3 rings (SSSR count). The molecule has 1 N–H and O–H groups in total. The van der Waals surface area contributed by atoms with Gasteiger partial charge in [0.2, 0.25) is 5.91 Å². The summed E-state index contributed by atoms with van der Waals surface area (Å²) in [6.45, 7) is 4.31. The number of aromatic nitrogens is 4. The van der Waals surface area contributed by atoms with Crippen LogP contribution in [0.2, 0.25) is 10.0 Å². The zero-order valence-corrected chi connectivity index (χ0v) is 18.4. The standard InChI is InChI=1S/C19H18Cl2FN5O2S/c1-3-27-18(11(2)29-15-6-5-13(22)8-14(15)21)25-26-19(27)30-10-17(28)24-16-7-4-12(20)9-23-16/h4-9,11H,3,10H2,1-2H3,(H,23,24,28). The van der Waals surface area contributed by atoms with E-state index < -0.39 is 11.9 Å². The summed E-state index contributed by atoms with van der Waals surface area (Å²) in [4.78, 5) is 16.2. The van der Waals surface area contributed by atoms with E-state index in [-0.39, 0.29) is 16.7 Å². The molecule has 0 radical (unpaired) electrons. The quantitative estimate of drug-likeness (QED) is 0.466. The van der Waals surface area contributed by atoms with Crippen molar-refractivity contribution in [1.82, 2.24) is 19.7 Å². The average molecular weight is 470 g/mol. The zero-order chi connectivity index (χ0) is 21.7. The molecule has 158 valence electrons. The van der Waals surface area contributed by atoms with Crippen LogP contribution in [-0.4, -0.2) is 31.4 Å². The van der Waals surface area contributed by atoms with E-state index in [1.54, 1.807) is 19.1 Å². The number of thioether (sulfide) groups is 1. The summed E-state index contributed by atoms with van der Waals surface area (Å²) in [6.07, 6.45) is 0.973. The van der Waals surface area contributed by atoms with Crippen molar-refractivity contribution in [3.63, 3.8) is 0 Å². The Bertz CT molecular complexity index is 1030. The Morgan fingerprint density at radius 1 is 1.30 bits per heavy atom. The van der Waals surface area contributed by atoms with Crippen LogP contribution in [0.5, 0.6) is 5.75 Å². The molecule has 1 unspecified atom stereocenters. The minimum atomic E-state index is -0.484. The highest BCUT2D eigenvalue weighted by Crippen LogP contribution is 2.30. The van der Waals surface area contributed by atoms with E-state index in [2.05, 4.69) is 20.5 Å². The normalized spacial score (nSPS) is 11.9. The Balaban J connectivity index is 1.64. The molecular weight excluding hydrogens is 452 g/mol. The Morgan fingerprint density at radius 2 is 2.10 bits per heavy atom. The maximum atomic E-state index is 13.2. The van der Waals surface area contributed by atoms with Gasteiger partial charge in [-0.25, -0.2) is 9.37 Å². The molecule has 30 heavy (non-hydrogen) atoms. The highest BCUT2D eigenvalue weighted by Gasteiger charge is 2.20. The van der Waals surface area contributed by atoms with Gasteiger partial charge < -0.3 is 14.6 Å². The van der Waals surface area contributed by atoms with E-state index >= 15 is 0 Å². The second-order valence-electron chi connectivity index (χ2n) is 6.12.